The Balaban J connectivity index is 1.46. The lowest BCUT2D eigenvalue weighted by atomic mass is 9.96. The number of rotatable bonds is 5. The summed E-state index contributed by atoms with van der Waals surface area (Å²) in [6.45, 7) is 6.73. The van der Waals surface area contributed by atoms with Gasteiger partial charge in [0.1, 0.15) is 0 Å². The molecule has 2 aliphatic rings. The van der Waals surface area contributed by atoms with Gasteiger partial charge in [-0.25, -0.2) is 4.98 Å². The fourth-order valence-electron chi connectivity index (χ4n) is 4.04. The van der Waals surface area contributed by atoms with Crippen LogP contribution in [0.1, 0.15) is 61.9 Å². The van der Waals surface area contributed by atoms with Gasteiger partial charge in [-0.05, 0) is 39.5 Å². The van der Waals surface area contributed by atoms with E-state index in [-0.39, 0.29) is 36.5 Å². The predicted octanol–water partition coefficient (Wildman–Crippen LogP) is 3.12. The van der Waals surface area contributed by atoms with Gasteiger partial charge in [0.2, 0.25) is 17.7 Å². The Morgan fingerprint density at radius 1 is 1.00 bits per heavy atom. The molecule has 7 nitrogen and oxygen atoms in total. The molecule has 0 aromatic carbocycles. The Morgan fingerprint density at radius 3 is 2.34 bits per heavy atom. The minimum atomic E-state index is -0.193. The van der Waals surface area contributed by atoms with Gasteiger partial charge in [-0.3, -0.25) is 14.4 Å². The number of amides is 3. The monoisotopic (exact) mass is 420 g/mol. The molecule has 3 heterocycles. The van der Waals surface area contributed by atoms with E-state index in [2.05, 4.69) is 10.3 Å². The molecular weight excluding hydrogens is 388 g/mol. The topological polar surface area (TPSA) is 82.6 Å². The van der Waals surface area contributed by atoms with Crippen molar-refractivity contribution in [2.75, 3.05) is 31.5 Å². The number of carbonyl (C=O) groups is 3. The van der Waals surface area contributed by atoms with Crippen molar-refractivity contribution in [3.8, 4) is 0 Å². The number of nitrogens with one attached hydrogen (secondary N) is 1. The zero-order valence-corrected chi connectivity index (χ0v) is 18.4. The van der Waals surface area contributed by atoms with E-state index in [1.54, 1.807) is 4.90 Å². The van der Waals surface area contributed by atoms with Gasteiger partial charge < -0.3 is 15.1 Å². The van der Waals surface area contributed by atoms with Crippen molar-refractivity contribution in [3.63, 3.8) is 0 Å². The van der Waals surface area contributed by atoms with E-state index in [4.69, 9.17) is 0 Å². The lowest BCUT2D eigenvalue weighted by Gasteiger charge is -2.34. The molecule has 3 amide bonds. The van der Waals surface area contributed by atoms with E-state index in [9.17, 15) is 14.4 Å². The van der Waals surface area contributed by atoms with Crippen LogP contribution in [0.25, 0.3) is 0 Å². The fraction of sp³-hybridized carbons (Fsp3) is 0.714. The maximum Gasteiger partial charge on any atom is 0.227 e. The third kappa shape index (κ3) is 6.01. The summed E-state index contributed by atoms with van der Waals surface area (Å²) in [4.78, 5) is 46.8. The molecule has 0 bridgehead atoms. The summed E-state index contributed by atoms with van der Waals surface area (Å²) in [7, 11) is 0. The smallest absolute Gasteiger partial charge is 0.227 e. The van der Waals surface area contributed by atoms with Gasteiger partial charge >= 0.3 is 0 Å². The van der Waals surface area contributed by atoms with Crippen molar-refractivity contribution in [2.24, 2.45) is 5.92 Å². The van der Waals surface area contributed by atoms with Crippen LogP contribution in [-0.2, 0) is 14.4 Å². The SMILES string of the molecule is Cc1nc(NC(=O)CCC(=O)N2CCC[C@@H](C(=O)N3CCCCCC3)C2)sc1C. The van der Waals surface area contributed by atoms with Crippen molar-refractivity contribution in [1.82, 2.24) is 14.8 Å². The van der Waals surface area contributed by atoms with Gasteiger partial charge in [0, 0.05) is 43.9 Å². The summed E-state index contributed by atoms with van der Waals surface area (Å²) in [5.74, 6) is -0.126. The minimum Gasteiger partial charge on any atom is -0.342 e. The number of piperidine rings is 1. The van der Waals surface area contributed by atoms with Gasteiger partial charge in [0.15, 0.2) is 5.13 Å². The van der Waals surface area contributed by atoms with Crippen molar-refractivity contribution in [3.05, 3.63) is 10.6 Å². The average molecular weight is 421 g/mol. The van der Waals surface area contributed by atoms with Crippen LogP contribution in [0.2, 0.25) is 0 Å². The van der Waals surface area contributed by atoms with Crippen molar-refractivity contribution in [1.29, 1.82) is 0 Å². The highest BCUT2D eigenvalue weighted by atomic mass is 32.1. The second kappa shape index (κ2) is 10.2. The molecule has 1 aromatic rings. The Hall–Kier alpha value is -1.96. The van der Waals surface area contributed by atoms with Crippen LogP contribution < -0.4 is 5.32 Å². The molecule has 0 unspecified atom stereocenters. The molecule has 2 aliphatic heterocycles. The number of carbonyl (C=O) groups excluding carboxylic acids is 3. The lowest BCUT2D eigenvalue weighted by Crippen LogP contribution is -2.47. The maximum atomic E-state index is 12.9. The van der Waals surface area contributed by atoms with Crippen LogP contribution in [0.5, 0.6) is 0 Å². The number of nitrogens with zero attached hydrogens (tertiary/aromatic N) is 3. The number of anilines is 1. The molecule has 0 saturated carbocycles. The van der Waals surface area contributed by atoms with Gasteiger partial charge in [0.05, 0.1) is 11.6 Å². The van der Waals surface area contributed by atoms with Crippen molar-refractivity contribution < 1.29 is 14.4 Å². The number of aromatic nitrogens is 1. The third-order valence-electron chi connectivity index (χ3n) is 5.88. The van der Waals surface area contributed by atoms with Crippen LogP contribution in [0.15, 0.2) is 0 Å². The Bertz CT molecular complexity index is 721. The summed E-state index contributed by atoms with van der Waals surface area (Å²) in [5, 5.41) is 3.36. The van der Waals surface area contributed by atoms with Gasteiger partial charge in [-0.2, -0.15) is 0 Å². The number of likely N-dealkylation sites (tertiary alicyclic amines) is 2. The molecule has 2 saturated heterocycles. The Morgan fingerprint density at radius 2 is 1.69 bits per heavy atom. The summed E-state index contributed by atoms with van der Waals surface area (Å²) in [5.41, 5.74) is 0.912. The summed E-state index contributed by atoms with van der Waals surface area (Å²) >= 11 is 1.44. The highest BCUT2D eigenvalue weighted by Crippen LogP contribution is 2.23. The number of hydrogen-bond donors (Lipinski definition) is 1. The Labute approximate surface area is 176 Å². The molecule has 3 rings (SSSR count). The molecule has 0 radical (unpaired) electrons. The molecule has 8 heteroatoms. The van der Waals surface area contributed by atoms with Crippen LogP contribution in [-0.4, -0.2) is 58.7 Å². The van der Waals surface area contributed by atoms with Crippen molar-refractivity contribution >= 4 is 34.2 Å². The molecule has 160 valence electrons. The van der Waals surface area contributed by atoms with Gasteiger partial charge in [0.25, 0.3) is 0 Å². The Kier molecular flexibility index (Phi) is 7.64. The first-order valence-corrected chi connectivity index (χ1v) is 11.6. The highest BCUT2D eigenvalue weighted by molar-refractivity contribution is 7.15. The summed E-state index contributed by atoms with van der Waals surface area (Å²) in [6, 6.07) is 0. The number of thiazole rings is 1. The molecule has 1 aromatic heterocycles. The van der Waals surface area contributed by atoms with E-state index in [0.29, 0.717) is 18.2 Å². The largest absolute Gasteiger partial charge is 0.342 e. The third-order valence-corrected chi connectivity index (χ3v) is 6.87. The maximum absolute atomic E-state index is 12.9. The molecule has 0 aliphatic carbocycles. The quantitative estimate of drug-likeness (QED) is 0.793. The molecule has 0 spiro atoms. The molecule has 29 heavy (non-hydrogen) atoms. The average Bonchev–Trinajstić information content (AvgIpc) is 2.91. The normalized spacial score (nSPS) is 20.3. The highest BCUT2D eigenvalue weighted by Gasteiger charge is 2.31. The number of aryl methyl sites for hydroxylation is 2. The minimum absolute atomic E-state index is 0.0417. The first kappa shape index (κ1) is 21.7. The number of hydrogen-bond acceptors (Lipinski definition) is 5. The second-order valence-corrected chi connectivity index (χ2v) is 9.33. The van der Waals surface area contributed by atoms with Crippen LogP contribution in [0.4, 0.5) is 5.13 Å². The second-order valence-electron chi connectivity index (χ2n) is 8.13. The molecular formula is C21H32N4O3S. The standard InChI is InChI=1S/C21H32N4O3S/c1-15-16(2)29-21(22-15)23-18(26)9-10-19(27)25-13-7-8-17(14-25)20(28)24-11-5-3-4-6-12-24/h17H,3-14H2,1-2H3,(H,22,23,26)/t17-/m1/s1. The predicted molar refractivity (Wildman–Crippen MR) is 114 cm³/mol. The van der Waals surface area contributed by atoms with E-state index < -0.39 is 0 Å². The molecule has 2 fully saturated rings. The van der Waals surface area contributed by atoms with Gasteiger partial charge in [-0.15, -0.1) is 11.3 Å². The van der Waals surface area contributed by atoms with E-state index in [0.717, 1.165) is 49.3 Å². The lowest BCUT2D eigenvalue weighted by molar-refractivity contribution is -0.141. The molecule has 1 atom stereocenters. The van der Waals surface area contributed by atoms with E-state index in [1.165, 1.54) is 24.2 Å². The summed E-state index contributed by atoms with van der Waals surface area (Å²) in [6.07, 6.45) is 6.55. The molecule has 1 N–H and O–H groups in total. The van der Waals surface area contributed by atoms with Crippen molar-refractivity contribution in [2.45, 2.75) is 65.2 Å². The summed E-state index contributed by atoms with van der Waals surface area (Å²) < 4.78 is 0. The van der Waals surface area contributed by atoms with E-state index in [1.807, 2.05) is 18.7 Å². The fourth-order valence-corrected chi connectivity index (χ4v) is 4.87. The van der Waals surface area contributed by atoms with E-state index >= 15 is 0 Å². The zero-order chi connectivity index (χ0) is 20.8. The first-order chi connectivity index (χ1) is 13.9. The van der Waals surface area contributed by atoms with Crippen LogP contribution in [0, 0.1) is 19.8 Å². The van der Waals surface area contributed by atoms with Crippen LogP contribution >= 0.6 is 11.3 Å². The first-order valence-electron chi connectivity index (χ1n) is 10.7. The van der Waals surface area contributed by atoms with Gasteiger partial charge in [-0.1, -0.05) is 12.8 Å². The van der Waals surface area contributed by atoms with Crippen LogP contribution in [0.3, 0.4) is 0 Å². The zero-order valence-electron chi connectivity index (χ0n) is 17.5.